The molecule has 0 radical (unpaired) electrons. The molecule has 0 aliphatic carbocycles. The predicted molar refractivity (Wildman–Crippen MR) is 137 cm³/mol. The molecule has 0 bridgehead atoms. The largest absolute Gasteiger partial charge is 0.256 e. The molecule has 0 unspecified atom stereocenters. The molecule has 0 saturated heterocycles. The zero-order chi connectivity index (χ0) is 22.5. The van der Waals surface area contributed by atoms with Crippen LogP contribution in [0, 0.1) is 6.92 Å². The van der Waals surface area contributed by atoms with Crippen LogP contribution in [0.4, 0.5) is 0 Å². The highest BCUT2D eigenvalue weighted by molar-refractivity contribution is 5.72. The Balaban J connectivity index is 1.47. The Bertz CT molecular complexity index is 1360. The molecule has 2 nitrogen and oxygen atoms in total. The van der Waals surface area contributed by atoms with Crippen LogP contribution in [0.3, 0.4) is 0 Å². The lowest BCUT2D eigenvalue weighted by molar-refractivity contribution is 0.959. The summed E-state index contributed by atoms with van der Waals surface area (Å²) in [5, 5.41) is 0. The third kappa shape index (κ3) is 4.75. The second-order valence-corrected chi connectivity index (χ2v) is 8.33. The van der Waals surface area contributed by atoms with Crippen molar-refractivity contribution in [3.8, 4) is 33.6 Å². The number of nitrogens with zero attached hydrogens (tertiary/aromatic N) is 2. The minimum absolute atomic E-state index is 0.943. The number of pyridine rings is 2. The fourth-order valence-corrected chi connectivity index (χ4v) is 4.35. The number of rotatable bonds is 6. The topological polar surface area (TPSA) is 25.8 Å². The summed E-state index contributed by atoms with van der Waals surface area (Å²) in [5.74, 6) is 0. The molecular weight excluding hydrogens is 400 g/mol. The molecule has 0 spiro atoms. The lowest BCUT2D eigenvalue weighted by Gasteiger charge is -2.13. The van der Waals surface area contributed by atoms with Crippen molar-refractivity contribution in [2.24, 2.45) is 0 Å². The van der Waals surface area contributed by atoms with E-state index in [9.17, 15) is 0 Å². The van der Waals surface area contributed by atoms with E-state index in [0.29, 0.717) is 0 Å². The van der Waals surface area contributed by atoms with Crippen LogP contribution in [0.15, 0.2) is 116 Å². The van der Waals surface area contributed by atoms with Crippen LogP contribution >= 0.6 is 0 Å². The smallest absolute Gasteiger partial charge is 0.0710 e. The summed E-state index contributed by atoms with van der Waals surface area (Å²) in [6, 6.07) is 36.1. The van der Waals surface area contributed by atoms with Crippen molar-refractivity contribution in [2.45, 2.75) is 19.8 Å². The number of hydrogen-bond donors (Lipinski definition) is 0. The fourth-order valence-electron chi connectivity index (χ4n) is 4.35. The maximum Gasteiger partial charge on any atom is 0.0710 e. The number of aromatic nitrogens is 2. The second-order valence-electron chi connectivity index (χ2n) is 8.33. The third-order valence-electron chi connectivity index (χ3n) is 6.03. The molecule has 5 rings (SSSR count). The molecule has 2 heterocycles. The van der Waals surface area contributed by atoms with Crippen LogP contribution < -0.4 is 0 Å². The average Bonchev–Trinajstić information content (AvgIpc) is 2.89. The molecule has 3 aromatic carbocycles. The standard InChI is InChI=1S/C31H26N2/c1-23-14-17-29(31-22-26(18-20-33-31)24-9-3-2-4-10-24)27(21-23)16-15-25-11-5-6-12-28(25)30-13-7-8-19-32-30/h2-14,17-22H,15-16H2,1H3. The Morgan fingerprint density at radius 1 is 0.515 bits per heavy atom. The first-order valence-electron chi connectivity index (χ1n) is 11.4. The van der Waals surface area contributed by atoms with Crippen LogP contribution in [-0.2, 0) is 12.8 Å². The van der Waals surface area contributed by atoms with Crippen molar-refractivity contribution in [3.05, 3.63) is 132 Å². The quantitative estimate of drug-likeness (QED) is 0.280. The number of hydrogen-bond acceptors (Lipinski definition) is 2. The molecule has 0 N–H and O–H groups in total. The first-order valence-corrected chi connectivity index (χ1v) is 11.4. The van der Waals surface area contributed by atoms with E-state index in [-0.39, 0.29) is 0 Å². The molecule has 0 saturated carbocycles. The molecule has 0 atom stereocenters. The van der Waals surface area contributed by atoms with Gasteiger partial charge in [-0.2, -0.15) is 0 Å². The van der Waals surface area contributed by atoms with Gasteiger partial charge in [-0.25, -0.2) is 0 Å². The van der Waals surface area contributed by atoms with Gasteiger partial charge in [0, 0.05) is 23.5 Å². The Labute approximate surface area is 195 Å². The van der Waals surface area contributed by atoms with Crippen molar-refractivity contribution >= 4 is 0 Å². The minimum Gasteiger partial charge on any atom is -0.256 e. The van der Waals surface area contributed by atoms with E-state index < -0.39 is 0 Å². The average molecular weight is 427 g/mol. The summed E-state index contributed by atoms with van der Waals surface area (Å²) >= 11 is 0. The normalized spacial score (nSPS) is 10.8. The second kappa shape index (κ2) is 9.62. The van der Waals surface area contributed by atoms with Crippen molar-refractivity contribution in [3.63, 3.8) is 0 Å². The predicted octanol–water partition coefficient (Wildman–Crippen LogP) is 7.57. The number of aryl methyl sites for hydroxylation is 3. The molecule has 0 aliphatic rings. The van der Waals surface area contributed by atoms with Crippen LogP contribution in [0.2, 0.25) is 0 Å². The monoisotopic (exact) mass is 426 g/mol. The van der Waals surface area contributed by atoms with Gasteiger partial charge >= 0.3 is 0 Å². The maximum atomic E-state index is 4.74. The third-order valence-corrected chi connectivity index (χ3v) is 6.03. The van der Waals surface area contributed by atoms with Gasteiger partial charge in [0.25, 0.3) is 0 Å². The summed E-state index contributed by atoms with van der Waals surface area (Å²) in [6.07, 6.45) is 5.66. The lowest BCUT2D eigenvalue weighted by atomic mass is 9.93. The fraction of sp³-hybridized carbons (Fsp3) is 0.0968. The Hall–Kier alpha value is -4.04. The van der Waals surface area contributed by atoms with Gasteiger partial charge in [0.2, 0.25) is 0 Å². The maximum absolute atomic E-state index is 4.74. The van der Waals surface area contributed by atoms with Crippen molar-refractivity contribution in [1.82, 2.24) is 9.97 Å². The van der Waals surface area contributed by atoms with E-state index in [4.69, 9.17) is 4.98 Å². The summed E-state index contributed by atoms with van der Waals surface area (Å²) < 4.78 is 0. The molecular formula is C31H26N2. The molecule has 33 heavy (non-hydrogen) atoms. The van der Waals surface area contributed by atoms with Gasteiger partial charge in [0.15, 0.2) is 0 Å². The van der Waals surface area contributed by atoms with Gasteiger partial charge in [-0.15, -0.1) is 0 Å². The zero-order valence-electron chi connectivity index (χ0n) is 18.8. The van der Waals surface area contributed by atoms with Crippen molar-refractivity contribution in [1.29, 1.82) is 0 Å². The number of benzene rings is 3. The minimum atomic E-state index is 0.943. The van der Waals surface area contributed by atoms with E-state index in [1.807, 2.05) is 30.6 Å². The van der Waals surface area contributed by atoms with Gasteiger partial charge in [-0.05, 0) is 66.3 Å². The van der Waals surface area contributed by atoms with Crippen LogP contribution in [0.1, 0.15) is 16.7 Å². The molecule has 2 aromatic heterocycles. The highest BCUT2D eigenvalue weighted by atomic mass is 14.7. The van der Waals surface area contributed by atoms with E-state index in [1.54, 1.807) is 0 Å². The summed E-state index contributed by atoms with van der Waals surface area (Å²) in [7, 11) is 0. The Morgan fingerprint density at radius 2 is 1.24 bits per heavy atom. The van der Waals surface area contributed by atoms with E-state index in [1.165, 1.54) is 38.9 Å². The van der Waals surface area contributed by atoms with Gasteiger partial charge < -0.3 is 0 Å². The van der Waals surface area contributed by atoms with Crippen LogP contribution in [-0.4, -0.2) is 9.97 Å². The van der Waals surface area contributed by atoms with Crippen LogP contribution in [0.25, 0.3) is 33.6 Å². The summed E-state index contributed by atoms with van der Waals surface area (Å²) in [5.41, 5.74) is 10.8. The van der Waals surface area contributed by atoms with Gasteiger partial charge in [0.1, 0.15) is 0 Å². The molecule has 2 heteroatoms. The Kier molecular flexibility index (Phi) is 6.08. The highest BCUT2D eigenvalue weighted by Crippen LogP contribution is 2.29. The van der Waals surface area contributed by atoms with Gasteiger partial charge in [-0.1, -0.05) is 84.4 Å². The first-order chi connectivity index (χ1) is 16.3. The van der Waals surface area contributed by atoms with Crippen molar-refractivity contribution in [2.75, 3.05) is 0 Å². The van der Waals surface area contributed by atoms with Crippen LogP contribution in [0.5, 0.6) is 0 Å². The molecule has 0 fully saturated rings. The first kappa shape index (κ1) is 20.8. The summed E-state index contributed by atoms with van der Waals surface area (Å²) in [6.45, 7) is 2.16. The van der Waals surface area contributed by atoms with E-state index in [2.05, 4.69) is 96.8 Å². The molecule has 0 aliphatic heterocycles. The van der Waals surface area contributed by atoms with Gasteiger partial charge in [-0.3, -0.25) is 9.97 Å². The van der Waals surface area contributed by atoms with Gasteiger partial charge in [0.05, 0.1) is 11.4 Å². The molecule has 160 valence electrons. The molecule has 0 amide bonds. The van der Waals surface area contributed by atoms with Crippen molar-refractivity contribution < 1.29 is 0 Å². The highest BCUT2D eigenvalue weighted by Gasteiger charge is 2.11. The Morgan fingerprint density at radius 3 is 2.09 bits per heavy atom. The zero-order valence-corrected chi connectivity index (χ0v) is 18.8. The van der Waals surface area contributed by atoms with E-state index >= 15 is 0 Å². The van der Waals surface area contributed by atoms with E-state index in [0.717, 1.165) is 24.2 Å². The lowest BCUT2D eigenvalue weighted by Crippen LogP contribution is -1.99. The summed E-state index contributed by atoms with van der Waals surface area (Å²) in [4.78, 5) is 9.31. The SMILES string of the molecule is Cc1ccc(-c2cc(-c3ccccc3)ccn2)c(CCc2ccccc2-c2ccccn2)c1. The molecule has 5 aromatic rings.